The molecule has 16 heavy (non-hydrogen) atoms. The smallest absolute Gasteiger partial charge is 0.119 e. The molecule has 3 nitrogen and oxygen atoms in total. The second kappa shape index (κ2) is 5.75. The topological polar surface area (TPSA) is 30.5 Å². The maximum absolute atomic E-state index is 5.65. The van der Waals surface area contributed by atoms with Crippen LogP contribution in [0.1, 0.15) is 20.3 Å². The first-order chi connectivity index (χ1) is 7.57. The molecule has 1 rings (SSSR count). The normalized spacial score (nSPS) is 11.2. The third-order valence-corrected chi connectivity index (χ3v) is 2.73. The zero-order chi connectivity index (χ0) is 12.0. The van der Waals surface area contributed by atoms with Crippen molar-refractivity contribution in [1.82, 2.24) is 5.32 Å². The van der Waals surface area contributed by atoms with Gasteiger partial charge in [0.15, 0.2) is 0 Å². The predicted octanol–water partition coefficient (Wildman–Crippen LogP) is 2.46. The molecule has 0 spiro atoms. The average Bonchev–Trinajstić information content (AvgIpc) is 2.30. The Morgan fingerprint density at radius 2 is 1.69 bits per heavy atom. The lowest BCUT2D eigenvalue weighted by atomic mass is 10.0. The third-order valence-electron chi connectivity index (χ3n) is 2.73. The summed E-state index contributed by atoms with van der Waals surface area (Å²) in [7, 11) is 3.62. The highest BCUT2D eigenvalue weighted by molar-refractivity contribution is 5.31. The number of benzene rings is 1. The Morgan fingerprint density at radius 1 is 1.12 bits per heavy atom. The van der Waals surface area contributed by atoms with Crippen LogP contribution >= 0.6 is 0 Å². The summed E-state index contributed by atoms with van der Waals surface area (Å²) in [5.74, 6) is 1.73. The van der Waals surface area contributed by atoms with E-state index in [4.69, 9.17) is 9.47 Å². The minimum Gasteiger partial charge on any atom is -0.497 e. The quantitative estimate of drug-likeness (QED) is 0.803. The Balaban J connectivity index is 2.37. The van der Waals surface area contributed by atoms with Crippen LogP contribution in [0, 0.1) is 0 Å². The first-order valence-corrected chi connectivity index (χ1v) is 5.53. The molecule has 0 saturated carbocycles. The van der Waals surface area contributed by atoms with Crippen molar-refractivity contribution < 1.29 is 9.47 Å². The van der Waals surface area contributed by atoms with Gasteiger partial charge in [-0.25, -0.2) is 0 Å². The standard InChI is InChI=1S/C13H21NO2/c1-13(2,14-3)9-10-16-12-7-5-11(15-4)6-8-12/h5-8,14H,9-10H2,1-4H3. The van der Waals surface area contributed by atoms with Crippen molar-refractivity contribution in [2.45, 2.75) is 25.8 Å². The molecule has 1 aromatic carbocycles. The number of rotatable bonds is 6. The molecule has 0 aliphatic heterocycles. The minimum atomic E-state index is 0.118. The Morgan fingerprint density at radius 3 is 2.19 bits per heavy atom. The molecule has 0 aromatic heterocycles. The summed E-state index contributed by atoms with van der Waals surface area (Å²) in [6.07, 6.45) is 0.968. The van der Waals surface area contributed by atoms with Crippen molar-refractivity contribution >= 4 is 0 Å². The van der Waals surface area contributed by atoms with Crippen LogP contribution in [0.15, 0.2) is 24.3 Å². The van der Waals surface area contributed by atoms with Crippen molar-refractivity contribution in [2.24, 2.45) is 0 Å². The number of ether oxygens (including phenoxy) is 2. The Hall–Kier alpha value is -1.22. The largest absolute Gasteiger partial charge is 0.497 e. The molecule has 1 N–H and O–H groups in total. The van der Waals surface area contributed by atoms with Crippen LogP contribution in [-0.2, 0) is 0 Å². The molecule has 0 atom stereocenters. The maximum Gasteiger partial charge on any atom is 0.119 e. The van der Waals surface area contributed by atoms with E-state index >= 15 is 0 Å². The van der Waals surface area contributed by atoms with Gasteiger partial charge in [0.2, 0.25) is 0 Å². The van der Waals surface area contributed by atoms with E-state index in [1.807, 2.05) is 31.3 Å². The molecule has 90 valence electrons. The van der Waals surface area contributed by atoms with E-state index in [1.54, 1.807) is 7.11 Å². The van der Waals surface area contributed by atoms with E-state index in [0.717, 1.165) is 17.9 Å². The van der Waals surface area contributed by atoms with Crippen LogP contribution in [0.25, 0.3) is 0 Å². The van der Waals surface area contributed by atoms with Crippen molar-refractivity contribution in [1.29, 1.82) is 0 Å². The van der Waals surface area contributed by atoms with E-state index < -0.39 is 0 Å². The zero-order valence-electron chi connectivity index (χ0n) is 10.5. The molecule has 0 heterocycles. The Bertz CT molecular complexity index is 306. The fourth-order valence-corrected chi connectivity index (χ4v) is 1.22. The third kappa shape index (κ3) is 4.11. The second-order valence-electron chi connectivity index (χ2n) is 4.41. The van der Waals surface area contributed by atoms with Crippen LogP contribution in [0.4, 0.5) is 0 Å². The molecule has 1 aromatic rings. The van der Waals surface area contributed by atoms with Gasteiger partial charge in [0.1, 0.15) is 11.5 Å². The van der Waals surface area contributed by atoms with Gasteiger partial charge < -0.3 is 14.8 Å². The van der Waals surface area contributed by atoms with Gasteiger partial charge >= 0.3 is 0 Å². The van der Waals surface area contributed by atoms with Crippen molar-refractivity contribution in [3.05, 3.63) is 24.3 Å². The predicted molar refractivity (Wildman–Crippen MR) is 66.2 cm³/mol. The molecule has 0 saturated heterocycles. The molecule has 0 bridgehead atoms. The van der Waals surface area contributed by atoms with E-state index in [0.29, 0.717) is 6.61 Å². The first kappa shape index (κ1) is 12.8. The number of nitrogens with one attached hydrogen (secondary N) is 1. The van der Waals surface area contributed by atoms with Crippen molar-refractivity contribution in [2.75, 3.05) is 20.8 Å². The molecule has 0 fully saturated rings. The summed E-state index contributed by atoms with van der Waals surface area (Å²) in [6.45, 7) is 5.02. The van der Waals surface area contributed by atoms with Crippen LogP contribution in [-0.4, -0.2) is 26.3 Å². The van der Waals surface area contributed by atoms with E-state index in [9.17, 15) is 0 Å². The van der Waals surface area contributed by atoms with Gasteiger partial charge in [-0.2, -0.15) is 0 Å². The molecular formula is C13H21NO2. The monoisotopic (exact) mass is 223 g/mol. The maximum atomic E-state index is 5.65. The highest BCUT2D eigenvalue weighted by atomic mass is 16.5. The molecular weight excluding hydrogens is 202 g/mol. The summed E-state index contributed by atoms with van der Waals surface area (Å²) in [4.78, 5) is 0. The highest BCUT2D eigenvalue weighted by Gasteiger charge is 2.13. The van der Waals surface area contributed by atoms with Gasteiger partial charge in [-0.05, 0) is 51.6 Å². The Labute approximate surface area is 97.8 Å². The van der Waals surface area contributed by atoms with Gasteiger partial charge in [-0.15, -0.1) is 0 Å². The Kier molecular flexibility index (Phi) is 4.62. The molecule has 0 radical (unpaired) electrons. The lowest BCUT2D eigenvalue weighted by Gasteiger charge is -2.23. The van der Waals surface area contributed by atoms with Crippen LogP contribution in [0.5, 0.6) is 11.5 Å². The van der Waals surface area contributed by atoms with Crippen LogP contribution < -0.4 is 14.8 Å². The summed E-state index contributed by atoms with van der Waals surface area (Å²) in [5.41, 5.74) is 0.118. The summed E-state index contributed by atoms with van der Waals surface area (Å²) in [6, 6.07) is 7.65. The fraction of sp³-hybridized carbons (Fsp3) is 0.538. The molecule has 3 heteroatoms. The lowest BCUT2D eigenvalue weighted by molar-refractivity contribution is 0.255. The van der Waals surface area contributed by atoms with Gasteiger partial charge in [0.25, 0.3) is 0 Å². The lowest BCUT2D eigenvalue weighted by Crippen LogP contribution is -2.37. The van der Waals surface area contributed by atoms with E-state index in [1.165, 1.54) is 0 Å². The van der Waals surface area contributed by atoms with E-state index in [-0.39, 0.29) is 5.54 Å². The number of hydrogen-bond donors (Lipinski definition) is 1. The fourth-order valence-electron chi connectivity index (χ4n) is 1.22. The average molecular weight is 223 g/mol. The molecule has 0 aliphatic carbocycles. The SMILES string of the molecule is CNC(C)(C)CCOc1ccc(OC)cc1. The molecule has 0 amide bonds. The van der Waals surface area contributed by atoms with Crippen molar-refractivity contribution in [3.8, 4) is 11.5 Å². The minimum absolute atomic E-state index is 0.118. The molecule has 0 aliphatic rings. The summed E-state index contributed by atoms with van der Waals surface area (Å²) < 4.78 is 10.7. The van der Waals surface area contributed by atoms with Crippen LogP contribution in [0.3, 0.4) is 0 Å². The van der Waals surface area contributed by atoms with Crippen molar-refractivity contribution in [3.63, 3.8) is 0 Å². The van der Waals surface area contributed by atoms with Gasteiger partial charge in [0.05, 0.1) is 13.7 Å². The van der Waals surface area contributed by atoms with E-state index in [2.05, 4.69) is 19.2 Å². The number of methoxy groups -OCH3 is 1. The zero-order valence-corrected chi connectivity index (χ0v) is 10.5. The summed E-state index contributed by atoms with van der Waals surface area (Å²) >= 11 is 0. The van der Waals surface area contributed by atoms with Crippen LogP contribution in [0.2, 0.25) is 0 Å². The first-order valence-electron chi connectivity index (χ1n) is 5.53. The molecule has 0 unspecified atom stereocenters. The van der Waals surface area contributed by atoms with Gasteiger partial charge in [0, 0.05) is 5.54 Å². The summed E-state index contributed by atoms with van der Waals surface area (Å²) in [5, 5.41) is 3.25. The highest BCUT2D eigenvalue weighted by Crippen LogP contribution is 2.18. The van der Waals surface area contributed by atoms with Gasteiger partial charge in [-0.1, -0.05) is 0 Å². The number of hydrogen-bond acceptors (Lipinski definition) is 3. The second-order valence-corrected chi connectivity index (χ2v) is 4.41. The van der Waals surface area contributed by atoms with Gasteiger partial charge in [-0.3, -0.25) is 0 Å².